The average molecular weight is 314 g/mol. The third-order valence-electron chi connectivity index (χ3n) is 4.23. The lowest BCUT2D eigenvalue weighted by molar-refractivity contribution is 0.143. The van der Waals surface area contributed by atoms with Crippen LogP contribution in [0.3, 0.4) is 0 Å². The second-order valence-corrected chi connectivity index (χ2v) is 7.95. The molecule has 120 valence electrons. The van der Waals surface area contributed by atoms with Crippen molar-refractivity contribution in [3.05, 3.63) is 17.9 Å². The van der Waals surface area contributed by atoms with Gasteiger partial charge in [-0.05, 0) is 31.5 Å². The summed E-state index contributed by atoms with van der Waals surface area (Å²) in [5.74, 6) is 0.725. The van der Waals surface area contributed by atoms with Crippen LogP contribution in [0.1, 0.15) is 44.8 Å². The molecule has 1 aliphatic rings. The second kappa shape index (κ2) is 6.94. The van der Waals surface area contributed by atoms with E-state index in [0.717, 1.165) is 12.3 Å². The van der Waals surface area contributed by atoms with Gasteiger partial charge >= 0.3 is 0 Å². The molecule has 21 heavy (non-hydrogen) atoms. The largest absolute Gasteiger partial charge is 0.447 e. The molecule has 0 N–H and O–H groups in total. The Hall–Kier alpha value is -0.850. The molecule has 0 spiro atoms. The van der Waals surface area contributed by atoms with Gasteiger partial charge in [0, 0.05) is 20.1 Å². The maximum Gasteiger partial charge on any atom is 0.275 e. The molecule has 1 aromatic heterocycles. The summed E-state index contributed by atoms with van der Waals surface area (Å²) in [6.45, 7) is 3.79. The highest BCUT2D eigenvalue weighted by molar-refractivity contribution is 7.88. The number of hydrogen-bond acceptors (Lipinski definition) is 4. The first kappa shape index (κ1) is 16.5. The molecule has 6 heteroatoms. The number of hydrogen-bond donors (Lipinski definition) is 0. The molecule has 0 amide bonds. The van der Waals surface area contributed by atoms with Crippen molar-refractivity contribution in [2.75, 3.05) is 20.6 Å². The molecule has 0 aliphatic heterocycles. The minimum absolute atomic E-state index is 0.0298. The maximum absolute atomic E-state index is 12.0. The van der Waals surface area contributed by atoms with Crippen LogP contribution in [0.5, 0.6) is 0 Å². The Labute approximate surface area is 128 Å². The van der Waals surface area contributed by atoms with Gasteiger partial charge in [-0.3, -0.25) is 4.90 Å². The fourth-order valence-electron chi connectivity index (χ4n) is 2.91. The van der Waals surface area contributed by atoms with Crippen molar-refractivity contribution in [1.29, 1.82) is 0 Å². The SMILES string of the molecule is CCN(Cc1ccc(S(=O)(=O)N(C)C)o1)C1CCCCC1. The van der Waals surface area contributed by atoms with Crippen molar-refractivity contribution < 1.29 is 12.8 Å². The van der Waals surface area contributed by atoms with Crippen LogP contribution in [0.25, 0.3) is 0 Å². The van der Waals surface area contributed by atoms with Gasteiger partial charge < -0.3 is 4.42 Å². The molecule has 0 aromatic carbocycles. The quantitative estimate of drug-likeness (QED) is 0.810. The van der Waals surface area contributed by atoms with Crippen molar-refractivity contribution in [3.63, 3.8) is 0 Å². The van der Waals surface area contributed by atoms with Gasteiger partial charge in [-0.25, -0.2) is 12.7 Å². The number of furan rings is 1. The van der Waals surface area contributed by atoms with Gasteiger partial charge in [0.25, 0.3) is 10.0 Å². The van der Waals surface area contributed by atoms with E-state index in [1.54, 1.807) is 12.1 Å². The van der Waals surface area contributed by atoms with Gasteiger partial charge in [-0.1, -0.05) is 26.2 Å². The standard InChI is InChI=1S/C15H26N2O3S/c1-4-17(13-8-6-5-7-9-13)12-14-10-11-15(20-14)21(18,19)16(2)3/h10-11,13H,4-9,12H2,1-3H3. The van der Waals surface area contributed by atoms with E-state index in [0.29, 0.717) is 12.6 Å². The van der Waals surface area contributed by atoms with Crippen LogP contribution in [0.2, 0.25) is 0 Å². The van der Waals surface area contributed by atoms with E-state index < -0.39 is 10.0 Å². The Morgan fingerprint density at radius 3 is 2.43 bits per heavy atom. The highest BCUT2D eigenvalue weighted by Crippen LogP contribution is 2.25. The summed E-state index contributed by atoms with van der Waals surface area (Å²) < 4.78 is 30.8. The van der Waals surface area contributed by atoms with E-state index in [4.69, 9.17) is 4.42 Å². The Bertz CT molecular complexity index is 545. The highest BCUT2D eigenvalue weighted by Gasteiger charge is 2.24. The van der Waals surface area contributed by atoms with Gasteiger partial charge in [-0.15, -0.1) is 0 Å². The Kier molecular flexibility index (Phi) is 5.46. The van der Waals surface area contributed by atoms with Crippen LogP contribution in [-0.2, 0) is 16.6 Å². The molecule has 0 saturated heterocycles. The fourth-order valence-corrected chi connectivity index (χ4v) is 3.72. The van der Waals surface area contributed by atoms with Crippen molar-refractivity contribution in [1.82, 2.24) is 9.21 Å². The third kappa shape index (κ3) is 3.87. The second-order valence-electron chi connectivity index (χ2n) is 5.86. The topological polar surface area (TPSA) is 53.8 Å². The van der Waals surface area contributed by atoms with E-state index in [9.17, 15) is 8.42 Å². The first-order valence-electron chi connectivity index (χ1n) is 7.70. The van der Waals surface area contributed by atoms with Crippen LogP contribution < -0.4 is 0 Å². The van der Waals surface area contributed by atoms with Crippen molar-refractivity contribution >= 4 is 10.0 Å². The minimum Gasteiger partial charge on any atom is -0.447 e. The summed E-state index contributed by atoms with van der Waals surface area (Å²) in [6.07, 6.45) is 6.38. The van der Waals surface area contributed by atoms with Crippen molar-refractivity contribution in [2.45, 2.75) is 56.7 Å². The molecule has 1 heterocycles. The molecule has 1 fully saturated rings. The van der Waals surface area contributed by atoms with Gasteiger partial charge in [0.1, 0.15) is 5.76 Å². The highest BCUT2D eigenvalue weighted by atomic mass is 32.2. The summed E-state index contributed by atoms with van der Waals surface area (Å²) >= 11 is 0. The van der Waals surface area contributed by atoms with E-state index in [1.165, 1.54) is 50.5 Å². The van der Waals surface area contributed by atoms with Crippen LogP contribution in [-0.4, -0.2) is 44.3 Å². The first-order chi connectivity index (χ1) is 9.95. The lowest BCUT2D eigenvalue weighted by Gasteiger charge is -2.32. The normalized spacial score (nSPS) is 17.8. The Balaban J connectivity index is 2.07. The summed E-state index contributed by atoms with van der Waals surface area (Å²) in [5, 5.41) is 0.0298. The third-order valence-corrected chi connectivity index (χ3v) is 5.92. The van der Waals surface area contributed by atoms with E-state index >= 15 is 0 Å². The summed E-state index contributed by atoms with van der Waals surface area (Å²) in [5.41, 5.74) is 0. The molecule has 1 saturated carbocycles. The molecule has 0 unspecified atom stereocenters. The van der Waals surface area contributed by atoms with E-state index in [1.807, 2.05) is 0 Å². The zero-order valence-corrected chi connectivity index (χ0v) is 14.0. The summed E-state index contributed by atoms with van der Waals surface area (Å²) in [6, 6.07) is 3.93. The van der Waals surface area contributed by atoms with Crippen LogP contribution >= 0.6 is 0 Å². The molecule has 1 aromatic rings. The van der Waals surface area contributed by atoms with Crippen LogP contribution in [0.4, 0.5) is 0 Å². The predicted molar refractivity (Wildman–Crippen MR) is 82.5 cm³/mol. The lowest BCUT2D eigenvalue weighted by Crippen LogP contribution is -2.36. The summed E-state index contributed by atoms with van der Waals surface area (Å²) in [7, 11) is -0.452. The number of rotatable bonds is 6. The molecule has 5 nitrogen and oxygen atoms in total. The smallest absolute Gasteiger partial charge is 0.275 e. The van der Waals surface area contributed by atoms with Crippen LogP contribution in [0, 0.1) is 0 Å². The zero-order chi connectivity index (χ0) is 15.5. The van der Waals surface area contributed by atoms with Gasteiger partial charge in [-0.2, -0.15) is 0 Å². The number of sulfonamides is 1. The van der Waals surface area contributed by atoms with Gasteiger partial charge in [0.2, 0.25) is 5.09 Å². The maximum atomic E-state index is 12.0. The van der Waals surface area contributed by atoms with E-state index in [2.05, 4.69) is 11.8 Å². The summed E-state index contributed by atoms with van der Waals surface area (Å²) in [4.78, 5) is 2.39. The monoisotopic (exact) mass is 314 g/mol. The van der Waals surface area contributed by atoms with Gasteiger partial charge in [0.15, 0.2) is 0 Å². The minimum atomic E-state index is -3.48. The fraction of sp³-hybridized carbons (Fsp3) is 0.733. The Morgan fingerprint density at radius 2 is 1.86 bits per heavy atom. The van der Waals surface area contributed by atoms with E-state index in [-0.39, 0.29) is 5.09 Å². The molecular weight excluding hydrogens is 288 g/mol. The molecule has 0 atom stereocenters. The molecule has 2 rings (SSSR count). The van der Waals surface area contributed by atoms with Gasteiger partial charge in [0.05, 0.1) is 6.54 Å². The first-order valence-corrected chi connectivity index (χ1v) is 9.14. The predicted octanol–water partition coefficient (Wildman–Crippen LogP) is 2.68. The number of nitrogens with zero attached hydrogens (tertiary/aromatic N) is 2. The average Bonchev–Trinajstić information content (AvgIpc) is 2.94. The molecule has 0 radical (unpaired) electrons. The van der Waals surface area contributed by atoms with Crippen molar-refractivity contribution in [2.24, 2.45) is 0 Å². The molecular formula is C15H26N2O3S. The lowest BCUT2D eigenvalue weighted by atomic mass is 9.94. The van der Waals surface area contributed by atoms with Crippen LogP contribution in [0.15, 0.2) is 21.6 Å². The molecule has 0 bridgehead atoms. The molecule has 1 aliphatic carbocycles. The zero-order valence-electron chi connectivity index (χ0n) is 13.2. The Morgan fingerprint density at radius 1 is 1.19 bits per heavy atom. The van der Waals surface area contributed by atoms with Crippen molar-refractivity contribution in [3.8, 4) is 0 Å².